The van der Waals surface area contributed by atoms with Crippen molar-refractivity contribution in [2.24, 2.45) is 5.92 Å². The number of nitrogens with zero attached hydrogens (tertiary/aromatic N) is 5. The Hall–Kier alpha value is -2.68. The first-order valence-corrected chi connectivity index (χ1v) is 12.4. The van der Waals surface area contributed by atoms with Crippen LogP contribution in [0.4, 0.5) is 5.82 Å². The number of fused-ring (bicyclic) bond motifs is 2. The second-order valence-corrected chi connectivity index (χ2v) is 9.70. The van der Waals surface area contributed by atoms with Gasteiger partial charge >= 0.3 is 0 Å². The van der Waals surface area contributed by atoms with Gasteiger partial charge in [0.2, 0.25) is 5.88 Å². The normalized spacial score (nSPS) is 21.2. The summed E-state index contributed by atoms with van der Waals surface area (Å²) in [4.78, 5) is 11.9. The molecule has 0 bridgehead atoms. The molecule has 1 N–H and O–H groups in total. The summed E-state index contributed by atoms with van der Waals surface area (Å²) in [5.41, 5.74) is 2.08. The van der Waals surface area contributed by atoms with Crippen LogP contribution in [-0.2, 0) is 6.54 Å². The van der Waals surface area contributed by atoms with Crippen molar-refractivity contribution in [3.05, 3.63) is 48.2 Å². The maximum atomic E-state index is 6.08. The molecule has 2 fully saturated rings. The predicted octanol–water partition coefficient (Wildman–Crippen LogP) is 2.85. The van der Waals surface area contributed by atoms with Crippen molar-refractivity contribution in [1.82, 2.24) is 25.3 Å². The first-order valence-electron chi connectivity index (χ1n) is 12.4. The molecule has 8 nitrogen and oxygen atoms in total. The fourth-order valence-corrected chi connectivity index (χ4v) is 5.17. The maximum Gasteiger partial charge on any atom is 0.213 e. The van der Waals surface area contributed by atoms with E-state index in [0.717, 1.165) is 75.1 Å². The molecule has 3 aromatic rings. The summed E-state index contributed by atoms with van der Waals surface area (Å²) in [5.74, 6) is 2.26. The maximum absolute atomic E-state index is 6.08. The van der Waals surface area contributed by atoms with E-state index in [1.807, 2.05) is 31.4 Å². The molecule has 34 heavy (non-hydrogen) atoms. The molecule has 0 saturated carbocycles. The number of benzene rings is 1. The van der Waals surface area contributed by atoms with E-state index in [9.17, 15) is 0 Å². The van der Waals surface area contributed by atoms with Gasteiger partial charge in [-0.05, 0) is 44.6 Å². The third-order valence-corrected chi connectivity index (χ3v) is 7.12. The molecule has 182 valence electrons. The van der Waals surface area contributed by atoms with Crippen LogP contribution in [0.25, 0.3) is 11.0 Å². The van der Waals surface area contributed by atoms with Crippen molar-refractivity contribution < 1.29 is 9.26 Å². The number of piperazine rings is 1. The third kappa shape index (κ3) is 5.35. The van der Waals surface area contributed by atoms with Gasteiger partial charge in [0.05, 0.1) is 12.0 Å². The van der Waals surface area contributed by atoms with Crippen molar-refractivity contribution in [2.75, 3.05) is 64.9 Å². The van der Waals surface area contributed by atoms with Crippen LogP contribution >= 0.6 is 0 Å². The van der Waals surface area contributed by atoms with Crippen LogP contribution in [0.1, 0.15) is 18.4 Å². The Morgan fingerprint density at radius 1 is 1.15 bits per heavy atom. The monoisotopic (exact) mass is 464 g/mol. The molecule has 0 aliphatic carbocycles. The Labute approximate surface area is 201 Å². The molecule has 0 amide bonds. The minimum absolute atomic E-state index is 0.546. The minimum atomic E-state index is 0.546. The quantitative estimate of drug-likeness (QED) is 0.519. The lowest BCUT2D eigenvalue weighted by Crippen LogP contribution is -2.57. The van der Waals surface area contributed by atoms with Crippen LogP contribution < -0.4 is 15.0 Å². The highest BCUT2D eigenvalue weighted by atomic mass is 16.5. The molecule has 0 unspecified atom stereocenters. The SMILES string of the molecule is CNCCN(C)Cc1ccc(OC[C@@H]2CC[C@H]3CN(c4noc5ccccc45)CCN3C2)nc1. The first kappa shape index (κ1) is 23.1. The standard InChI is InChI=1S/C26H36N6O2/c1-27-11-12-30(2)16-20-8-10-25(28-15-20)33-19-21-7-9-22-18-32(14-13-31(22)17-21)26-23-5-3-4-6-24(23)34-29-26/h3-6,8,10,15,21-22,27H,7,9,11-14,16-19H2,1-2H3/t21-,22+/m1/s1. The second kappa shape index (κ2) is 10.7. The fraction of sp³-hybridized carbons (Fsp3) is 0.538. The summed E-state index contributed by atoms with van der Waals surface area (Å²) in [5, 5.41) is 8.67. The van der Waals surface area contributed by atoms with Crippen molar-refractivity contribution in [2.45, 2.75) is 25.4 Å². The number of para-hydroxylation sites is 1. The number of aromatic nitrogens is 2. The van der Waals surface area contributed by atoms with E-state index in [1.54, 1.807) is 0 Å². The number of ether oxygens (including phenoxy) is 1. The number of hydrogen-bond donors (Lipinski definition) is 1. The van der Waals surface area contributed by atoms with Gasteiger partial charge < -0.3 is 24.4 Å². The lowest BCUT2D eigenvalue weighted by molar-refractivity contribution is 0.0716. The zero-order valence-corrected chi connectivity index (χ0v) is 20.3. The molecule has 2 saturated heterocycles. The van der Waals surface area contributed by atoms with Crippen LogP contribution in [-0.4, -0.2) is 86.0 Å². The molecule has 0 spiro atoms. The summed E-state index contributed by atoms with van der Waals surface area (Å²) in [7, 11) is 4.11. The van der Waals surface area contributed by atoms with Crippen molar-refractivity contribution >= 4 is 16.8 Å². The number of anilines is 1. The highest BCUT2D eigenvalue weighted by Gasteiger charge is 2.34. The number of nitrogens with one attached hydrogen (secondary N) is 1. The van der Waals surface area contributed by atoms with Gasteiger partial charge in [-0.25, -0.2) is 4.98 Å². The number of rotatable bonds is 9. The van der Waals surface area contributed by atoms with Gasteiger partial charge in [-0.15, -0.1) is 0 Å². The van der Waals surface area contributed by atoms with Crippen LogP contribution in [0.3, 0.4) is 0 Å². The average Bonchev–Trinajstić information content (AvgIpc) is 3.31. The summed E-state index contributed by atoms with van der Waals surface area (Å²) >= 11 is 0. The first-order chi connectivity index (χ1) is 16.7. The number of hydrogen-bond acceptors (Lipinski definition) is 8. The highest BCUT2D eigenvalue weighted by Crippen LogP contribution is 2.31. The van der Waals surface area contributed by atoms with Gasteiger partial charge in [0.1, 0.15) is 0 Å². The van der Waals surface area contributed by atoms with E-state index < -0.39 is 0 Å². The van der Waals surface area contributed by atoms with Crippen LogP contribution in [0.2, 0.25) is 0 Å². The van der Waals surface area contributed by atoms with Gasteiger partial charge in [-0.1, -0.05) is 23.4 Å². The Balaban J connectivity index is 1.09. The molecular formula is C26H36N6O2. The van der Waals surface area contributed by atoms with Crippen molar-refractivity contribution in [3.63, 3.8) is 0 Å². The molecule has 2 aliphatic rings. The van der Waals surface area contributed by atoms with E-state index in [2.05, 4.69) is 55.4 Å². The molecule has 2 aromatic heterocycles. The summed E-state index contributed by atoms with van der Waals surface area (Å²) in [6.07, 6.45) is 4.31. The van der Waals surface area contributed by atoms with E-state index in [0.29, 0.717) is 12.0 Å². The molecule has 8 heteroatoms. The van der Waals surface area contributed by atoms with E-state index in [4.69, 9.17) is 9.26 Å². The average molecular weight is 465 g/mol. The predicted molar refractivity (Wildman–Crippen MR) is 134 cm³/mol. The Kier molecular flexibility index (Phi) is 7.27. The van der Waals surface area contributed by atoms with Gasteiger partial charge in [0, 0.05) is 70.0 Å². The second-order valence-electron chi connectivity index (χ2n) is 9.70. The largest absolute Gasteiger partial charge is 0.477 e. The van der Waals surface area contributed by atoms with Crippen LogP contribution in [0, 0.1) is 5.92 Å². The summed E-state index contributed by atoms with van der Waals surface area (Å²) in [6, 6.07) is 12.8. The van der Waals surface area contributed by atoms with Crippen LogP contribution in [0.15, 0.2) is 47.1 Å². The van der Waals surface area contributed by atoms with E-state index in [1.165, 1.54) is 18.4 Å². The van der Waals surface area contributed by atoms with Crippen molar-refractivity contribution in [1.29, 1.82) is 0 Å². The number of piperidine rings is 1. The van der Waals surface area contributed by atoms with E-state index in [-0.39, 0.29) is 0 Å². The van der Waals surface area contributed by atoms with Gasteiger partial charge in [0.25, 0.3) is 0 Å². The Morgan fingerprint density at radius 3 is 2.91 bits per heavy atom. The number of likely N-dealkylation sites (N-methyl/N-ethyl adjacent to an activating group) is 2. The zero-order chi connectivity index (χ0) is 23.3. The molecule has 0 radical (unpaired) electrons. The smallest absolute Gasteiger partial charge is 0.213 e. The lowest BCUT2D eigenvalue weighted by Gasteiger charge is -2.46. The zero-order valence-electron chi connectivity index (χ0n) is 20.3. The fourth-order valence-electron chi connectivity index (χ4n) is 5.17. The Bertz CT molecular complexity index is 1050. The summed E-state index contributed by atoms with van der Waals surface area (Å²) < 4.78 is 11.6. The highest BCUT2D eigenvalue weighted by molar-refractivity contribution is 5.88. The topological polar surface area (TPSA) is 69.9 Å². The minimum Gasteiger partial charge on any atom is -0.477 e. The third-order valence-electron chi connectivity index (χ3n) is 7.12. The molecule has 1 aromatic carbocycles. The number of pyridine rings is 1. The van der Waals surface area contributed by atoms with Gasteiger partial charge in [-0.2, -0.15) is 0 Å². The summed E-state index contributed by atoms with van der Waals surface area (Å²) in [6.45, 7) is 7.76. The Morgan fingerprint density at radius 2 is 2.06 bits per heavy atom. The molecule has 2 aliphatic heterocycles. The van der Waals surface area contributed by atoms with Gasteiger partial charge in [0.15, 0.2) is 11.4 Å². The van der Waals surface area contributed by atoms with E-state index >= 15 is 0 Å². The molecular weight excluding hydrogens is 428 g/mol. The molecule has 2 atom stereocenters. The van der Waals surface area contributed by atoms with Crippen molar-refractivity contribution in [3.8, 4) is 5.88 Å². The lowest BCUT2D eigenvalue weighted by atomic mass is 9.91. The van der Waals surface area contributed by atoms with Gasteiger partial charge in [-0.3, -0.25) is 4.90 Å². The molecule has 5 rings (SSSR count). The molecule has 4 heterocycles. The van der Waals surface area contributed by atoms with Crippen LogP contribution in [0.5, 0.6) is 5.88 Å².